The van der Waals surface area contributed by atoms with E-state index < -0.39 is 0 Å². The van der Waals surface area contributed by atoms with Crippen LogP contribution in [-0.2, 0) is 0 Å². The Morgan fingerprint density at radius 2 is 2.17 bits per heavy atom. The van der Waals surface area contributed by atoms with Gasteiger partial charge in [0.15, 0.2) is 0 Å². The molecule has 0 radical (unpaired) electrons. The summed E-state index contributed by atoms with van der Waals surface area (Å²) in [5, 5.41) is 7.71. The Morgan fingerprint density at radius 3 is 2.67 bits per heavy atom. The average Bonchev–Trinajstić information content (AvgIpc) is 2.05. The van der Waals surface area contributed by atoms with Gasteiger partial charge in [0.2, 0.25) is 0 Å². The topological polar surface area (TPSA) is 23.9 Å². The standard InChI is InChI=1S/C11H19N/c1-4-9-7-10(8(2)3)5-6-11(9)12/h4,8,10,12H,5-7H2,1-3H3/b9-4-,12-11?. The summed E-state index contributed by atoms with van der Waals surface area (Å²) < 4.78 is 0. The van der Waals surface area contributed by atoms with E-state index >= 15 is 0 Å². The van der Waals surface area contributed by atoms with Crippen molar-refractivity contribution >= 4 is 5.71 Å². The molecule has 0 saturated heterocycles. The van der Waals surface area contributed by atoms with Crippen molar-refractivity contribution in [1.82, 2.24) is 0 Å². The van der Waals surface area contributed by atoms with E-state index in [2.05, 4.69) is 19.9 Å². The van der Waals surface area contributed by atoms with Crippen molar-refractivity contribution in [2.45, 2.75) is 40.0 Å². The molecule has 0 aromatic heterocycles. The first-order chi connectivity index (χ1) is 5.65. The lowest BCUT2D eigenvalue weighted by atomic mass is 9.78. The summed E-state index contributed by atoms with van der Waals surface area (Å²) >= 11 is 0. The summed E-state index contributed by atoms with van der Waals surface area (Å²) in [5.74, 6) is 1.58. The van der Waals surface area contributed by atoms with Crippen LogP contribution in [0.5, 0.6) is 0 Å². The second-order valence-corrected chi connectivity index (χ2v) is 4.04. The van der Waals surface area contributed by atoms with Crippen molar-refractivity contribution in [1.29, 1.82) is 5.41 Å². The van der Waals surface area contributed by atoms with E-state index in [1.54, 1.807) is 0 Å². The van der Waals surface area contributed by atoms with Crippen LogP contribution in [0.3, 0.4) is 0 Å². The van der Waals surface area contributed by atoms with E-state index in [-0.39, 0.29) is 0 Å². The zero-order chi connectivity index (χ0) is 9.14. The normalized spacial score (nSPS) is 28.5. The van der Waals surface area contributed by atoms with Crippen LogP contribution in [0.25, 0.3) is 0 Å². The molecule has 0 bridgehead atoms. The molecule has 12 heavy (non-hydrogen) atoms. The summed E-state index contributed by atoms with van der Waals surface area (Å²) in [7, 11) is 0. The van der Waals surface area contributed by atoms with Gasteiger partial charge in [0.1, 0.15) is 0 Å². The largest absolute Gasteiger partial charge is 0.305 e. The van der Waals surface area contributed by atoms with Crippen LogP contribution >= 0.6 is 0 Å². The van der Waals surface area contributed by atoms with E-state index in [1.165, 1.54) is 12.0 Å². The maximum absolute atomic E-state index is 7.71. The van der Waals surface area contributed by atoms with Crippen LogP contribution in [0.1, 0.15) is 40.0 Å². The first-order valence-corrected chi connectivity index (χ1v) is 4.88. The van der Waals surface area contributed by atoms with Crippen LogP contribution < -0.4 is 0 Å². The third kappa shape index (κ3) is 1.96. The molecule has 1 atom stereocenters. The Bertz CT molecular complexity index is 201. The maximum atomic E-state index is 7.71. The van der Waals surface area contributed by atoms with E-state index in [0.717, 1.165) is 30.4 Å². The predicted molar refractivity (Wildman–Crippen MR) is 53.7 cm³/mol. The summed E-state index contributed by atoms with van der Waals surface area (Å²) in [6.07, 6.45) is 5.44. The number of rotatable bonds is 1. The Morgan fingerprint density at radius 1 is 1.50 bits per heavy atom. The average molecular weight is 165 g/mol. The minimum Gasteiger partial charge on any atom is -0.305 e. The fourth-order valence-electron chi connectivity index (χ4n) is 1.86. The number of nitrogens with one attached hydrogen (secondary N) is 1. The third-order valence-electron chi connectivity index (χ3n) is 2.93. The fourth-order valence-corrected chi connectivity index (χ4v) is 1.86. The molecule has 1 nitrogen and oxygen atoms in total. The summed E-state index contributed by atoms with van der Waals surface area (Å²) in [4.78, 5) is 0. The highest BCUT2D eigenvalue weighted by molar-refractivity contribution is 5.98. The Labute approximate surface area is 75.4 Å². The molecule has 1 fully saturated rings. The van der Waals surface area contributed by atoms with Crippen molar-refractivity contribution in [3.8, 4) is 0 Å². The van der Waals surface area contributed by atoms with Crippen molar-refractivity contribution in [3.05, 3.63) is 11.6 Å². The van der Waals surface area contributed by atoms with Crippen molar-refractivity contribution in [2.24, 2.45) is 11.8 Å². The highest BCUT2D eigenvalue weighted by atomic mass is 14.4. The molecule has 1 aliphatic rings. The van der Waals surface area contributed by atoms with Gasteiger partial charge in [-0.25, -0.2) is 0 Å². The quantitative estimate of drug-likeness (QED) is 0.615. The van der Waals surface area contributed by atoms with Crippen molar-refractivity contribution in [2.75, 3.05) is 0 Å². The molecule has 1 saturated carbocycles. The van der Waals surface area contributed by atoms with Gasteiger partial charge in [-0.1, -0.05) is 19.9 Å². The Balaban J connectivity index is 2.62. The first kappa shape index (κ1) is 9.50. The number of hydrogen-bond donors (Lipinski definition) is 1. The van der Waals surface area contributed by atoms with E-state index in [0.29, 0.717) is 0 Å². The monoisotopic (exact) mass is 165 g/mol. The van der Waals surface area contributed by atoms with Gasteiger partial charge < -0.3 is 5.41 Å². The van der Waals surface area contributed by atoms with E-state index in [1.807, 2.05) is 6.92 Å². The molecule has 0 heterocycles. The van der Waals surface area contributed by atoms with Gasteiger partial charge >= 0.3 is 0 Å². The first-order valence-electron chi connectivity index (χ1n) is 4.88. The molecular weight excluding hydrogens is 146 g/mol. The van der Waals surface area contributed by atoms with Crippen molar-refractivity contribution in [3.63, 3.8) is 0 Å². The van der Waals surface area contributed by atoms with Crippen LogP contribution in [0.15, 0.2) is 11.6 Å². The Hall–Kier alpha value is -0.590. The zero-order valence-corrected chi connectivity index (χ0v) is 8.35. The molecule has 1 heteroatoms. The van der Waals surface area contributed by atoms with E-state index in [9.17, 15) is 0 Å². The van der Waals surface area contributed by atoms with Gasteiger partial charge in [-0.3, -0.25) is 0 Å². The lowest BCUT2D eigenvalue weighted by Gasteiger charge is -2.27. The second-order valence-electron chi connectivity index (χ2n) is 4.04. The van der Waals surface area contributed by atoms with Crippen LogP contribution in [0.2, 0.25) is 0 Å². The molecular formula is C11H19N. The molecule has 0 aromatic carbocycles. The molecule has 0 aliphatic heterocycles. The minimum atomic E-state index is 0.771. The van der Waals surface area contributed by atoms with Gasteiger partial charge in [-0.2, -0.15) is 0 Å². The highest BCUT2D eigenvalue weighted by Gasteiger charge is 2.22. The molecule has 1 N–H and O–H groups in total. The van der Waals surface area contributed by atoms with Gasteiger partial charge in [-0.15, -0.1) is 0 Å². The lowest BCUT2D eigenvalue weighted by Crippen LogP contribution is -2.20. The van der Waals surface area contributed by atoms with E-state index in [4.69, 9.17) is 5.41 Å². The fraction of sp³-hybridized carbons (Fsp3) is 0.727. The van der Waals surface area contributed by atoms with Gasteiger partial charge in [0.05, 0.1) is 0 Å². The SMILES string of the molecule is C/C=C1/CC(C(C)C)CCC1=N. The second kappa shape index (κ2) is 3.88. The van der Waals surface area contributed by atoms with Crippen LogP contribution in [0, 0.1) is 17.2 Å². The number of allylic oxidation sites excluding steroid dienone is 2. The third-order valence-corrected chi connectivity index (χ3v) is 2.93. The predicted octanol–water partition coefficient (Wildman–Crippen LogP) is 3.41. The molecule has 0 aromatic rings. The minimum absolute atomic E-state index is 0.771. The smallest absolute Gasteiger partial charge is 0.0342 e. The molecule has 1 aliphatic carbocycles. The van der Waals surface area contributed by atoms with Gasteiger partial charge in [0.25, 0.3) is 0 Å². The molecule has 0 spiro atoms. The lowest BCUT2D eigenvalue weighted by molar-refractivity contribution is 0.355. The van der Waals surface area contributed by atoms with Crippen LogP contribution in [-0.4, -0.2) is 5.71 Å². The summed E-state index contributed by atoms with van der Waals surface area (Å²) in [6.45, 7) is 6.62. The summed E-state index contributed by atoms with van der Waals surface area (Å²) in [6, 6.07) is 0. The van der Waals surface area contributed by atoms with Crippen molar-refractivity contribution < 1.29 is 0 Å². The molecule has 1 unspecified atom stereocenters. The van der Waals surface area contributed by atoms with Crippen LogP contribution in [0.4, 0.5) is 0 Å². The molecule has 0 amide bonds. The van der Waals surface area contributed by atoms with Gasteiger partial charge in [0, 0.05) is 5.71 Å². The zero-order valence-electron chi connectivity index (χ0n) is 8.35. The Kier molecular flexibility index (Phi) is 3.07. The molecule has 1 rings (SSSR count). The highest BCUT2D eigenvalue weighted by Crippen LogP contribution is 2.31. The number of hydrogen-bond acceptors (Lipinski definition) is 1. The molecule has 68 valence electrons. The summed E-state index contributed by atoms with van der Waals surface area (Å²) in [5.41, 5.74) is 2.15. The van der Waals surface area contributed by atoms with Gasteiger partial charge in [-0.05, 0) is 43.6 Å². The maximum Gasteiger partial charge on any atom is 0.0342 e.